The van der Waals surface area contributed by atoms with Crippen LogP contribution in [0.1, 0.15) is 44.2 Å². The van der Waals surface area contributed by atoms with Crippen LogP contribution in [0, 0.1) is 17.1 Å². The van der Waals surface area contributed by atoms with Gasteiger partial charge in [-0.3, -0.25) is 10.1 Å². The van der Waals surface area contributed by atoms with E-state index in [0.29, 0.717) is 25.7 Å². The second kappa shape index (κ2) is 9.31. The van der Waals surface area contributed by atoms with Gasteiger partial charge in [-0.15, -0.1) is 0 Å². The van der Waals surface area contributed by atoms with Crippen LogP contribution in [-0.2, 0) is 14.6 Å². The molecule has 0 spiro atoms. The van der Waals surface area contributed by atoms with Crippen molar-refractivity contribution in [2.75, 3.05) is 11.5 Å². The van der Waals surface area contributed by atoms with E-state index in [1.165, 1.54) is 0 Å². The van der Waals surface area contributed by atoms with Crippen LogP contribution >= 0.6 is 0 Å². The van der Waals surface area contributed by atoms with Crippen molar-refractivity contribution in [2.45, 2.75) is 56.4 Å². The van der Waals surface area contributed by atoms with Crippen molar-refractivity contribution in [3.05, 3.63) is 35.6 Å². The molecule has 30 heavy (non-hydrogen) atoms. The number of hydrogen-bond donors (Lipinski definition) is 2. The molecule has 6 nitrogen and oxygen atoms in total. The third-order valence-corrected chi connectivity index (χ3v) is 6.52. The van der Waals surface area contributed by atoms with Gasteiger partial charge in [0.25, 0.3) is 0 Å². The normalized spacial score (nSPS) is 17.6. The van der Waals surface area contributed by atoms with Gasteiger partial charge in [-0.05, 0) is 37.0 Å². The highest BCUT2D eigenvalue weighted by molar-refractivity contribution is 7.91. The van der Waals surface area contributed by atoms with Gasteiger partial charge >= 0.3 is 6.18 Å². The standard InChI is InChI=1S/C19H23F4N3O3S/c1-2-3-10-30(28,29)11-15(17(27)26-18(12-24)8-9-18)25-16(19(21,22)23)13-4-6-14(20)7-5-13/h4-7,15-16,25H,2-3,8-11H2,1H3,(H,26,27)/t15?,16-/m1/s1. The number of halogens is 4. The Morgan fingerprint density at radius 1 is 1.27 bits per heavy atom. The van der Waals surface area contributed by atoms with Crippen LogP contribution in [0.25, 0.3) is 0 Å². The van der Waals surface area contributed by atoms with Crippen molar-refractivity contribution in [3.8, 4) is 6.07 Å². The highest BCUT2D eigenvalue weighted by atomic mass is 32.2. The summed E-state index contributed by atoms with van der Waals surface area (Å²) in [6.45, 7) is 1.76. The van der Waals surface area contributed by atoms with Crippen LogP contribution in [0.15, 0.2) is 24.3 Å². The average Bonchev–Trinajstić information content (AvgIpc) is 3.43. The quantitative estimate of drug-likeness (QED) is 0.535. The van der Waals surface area contributed by atoms with Gasteiger partial charge in [-0.1, -0.05) is 25.5 Å². The molecule has 0 aliphatic heterocycles. The molecule has 166 valence electrons. The highest BCUT2D eigenvalue weighted by Gasteiger charge is 2.48. The summed E-state index contributed by atoms with van der Waals surface area (Å²) in [5, 5.41) is 13.6. The minimum absolute atomic E-state index is 0.272. The second-order valence-corrected chi connectivity index (χ2v) is 9.63. The Labute approximate surface area is 172 Å². The van der Waals surface area contributed by atoms with E-state index < -0.39 is 51.1 Å². The lowest BCUT2D eigenvalue weighted by Crippen LogP contribution is -2.54. The first kappa shape index (κ1) is 24.1. The average molecular weight is 449 g/mol. The van der Waals surface area contributed by atoms with E-state index in [0.717, 1.165) is 24.3 Å². The number of carbonyl (C=O) groups is 1. The molecule has 11 heteroatoms. The predicted molar refractivity (Wildman–Crippen MR) is 101 cm³/mol. The monoisotopic (exact) mass is 449 g/mol. The molecule has 2 atom stereocenters. The molecule has 0 aromatic heterocycles. The van der Waals surface area contributed by atoms with Crippen LogP contribution in [0.2, 0.25) is 0 Å². The lowest BCUT2D eigenvalue weighted by atomic mass is 10.0. The minimum Gasteiger partial charge on any atom is -0.336 e. The number of amides is 1. The van der Waals surface area contributed by atoms with Gasteiger partial charge in [0.05, 0.1) is 17.6 Å². The number of sulfone groups is 1. The number of alkyl halides is 3. The molecule has 1 aliphatic carbocycles. The van der Waals surface area contributed by atoms with Gasteiger partial charge < -0.3 is 5.32 Å². The minimum atomic E-state index is -4.88. The molecule has 1 aromatic rings. The predicted octanol–water partition coefficient (Wildman–Crippen LogP) is 2.77. The molecule has 1 amide bonds. The van der Waals surface area contributed by atoms with Crippen molar-refractivity contribution >= 4 is 15.7 Å². The first-order chi connectivity index (χ1) is 13.9. The number of rotatable bonds is 10. The number of nitrogens with zero attached hydrogens (tertiary/aromatic N) is 1. The molecule has 2 rings (SSSR count). The molecule has 1 unspecified atom stereocenters. The smallest absolute Gasteiger partial charge is 0.336 e. The first-order valence-electron chi connectivity index (χ1n) is 9.43. The van der Waals surface area contributed by atoms with Crippen LogP contribution in [0.5, 0.6) is 0 Å². The summed E-state index contributed by atoms with van der Waals surface area (Å²) in [4.78, 5) is 12.6. The van der Waals surface area contributed by atoms with Crippen molar-refractivity contribution in [1.29, 1.82) is 5.26 Å². The van der Waals surface area contributed by atoms with E-state index in [1.807, 2.05) is 6.07 Å². The van der Waals surface area contributed by atoms with Gasteiger partial charge in [-0.25, -0.2) is 12.8 Å². The number of benzene rings is 1. The summed E-state index contributed by atoms with van der Waals surface area (Å²) in [6, 6.07) is 1.27. The molecular formula is C19H23F4N3O3S. The lowest BCUT2D eigenvalue weighted by molar-refractivity contribution is -0.160. The maximum Gasteiger partial charge on any atom is 0.407 e. The molecule has 1 saturated carbocycles. The number of hydrogen-bond acceptors (Lipinski definition) is 5. The van der Waals surface area contributed by atoms with Crippen LogP contribution in [0.3, 0.4) is 0 Å². The largest absolute Gasteiger partial charge is 0.407 e. The van der Waals surface area contributed by atoms with Crippen LogP contribution in [-0.4, -0.2) is 43.6 Å². The molecule has 2 N–H and O–H groups in total. The molecule has 0 heterocycles. The summed E-state index contributed by atoms with van der Waals surface area (Å²) < 4.78 is 78.9. The SMILES string of the molecule is CCCCS(=O)(=O)CC(N[C@H](c1ccc(F)cc1)C(F)(F)F)C(=O)NC1(C#N)CC1. The van der Waals surface area contributed by atoms with Crippen molar-refractivity contribution < 1.29 is 30.8 Å². The van der Waals surface area contributed by atoms with Crippen molar-refractivity contribution in [2.24, 2.45) is 0 Å². The number of nitriles is 1. The molecule has 0 radical (unpaired) electrons. The van der Waals surface area contributed by atoms with E-state index in [-0.39, 0.29) is 11.3 Å². The maximum absolute atomic E-state index is 13.7. The third-order valence-electron chi connectivity index (χ3n) is 4.77. The summed E-state index contributed by atoms with van der Waals surface area (Å²) in [5.41, 5.74) is -1.54. The number of unbranched alkanes of at least 4 members (excludes halogenated alkanes) is 1. The Kier molecular flexibility index (Phi) is 7.47. The number of carbonyl (C=O) groups excluding carboxylic acids is 1. The summed E-state index contributed by atoms with van der Waals surface area (Å²) in [5.74, 6) is -2.86. The molecule has 1 aromatic carbocycles. The van der Waals surface area contributed by atoms with E-state index in [1.54, 1.807) is 6.92 Å². The van der Waals surface area contributed by atoms with E-state index in [2.05, 4.69) is 10.6 Å². The van der Waals surface area contributed by atoms with Crippen molar-refractivity contribution in [3.63, 3.8) is 0 Å². The Balaban J connectivity index is 2.31. The van der Waals surface area contributed by atoms with E-state index in [4.69, 9.17) is 5.26 Å². The molecular weight excluding hydrogens is 426 g/mol. The Morgan fingerprint density at radius 3 is 2.33 bits per heavy atom. The Bertz CT molecular complexity index is 891. The topological polar surface area (TPSA) is 99.1 Å². The van der Waals surface area contributed by atoms with Crippen LogP contribution in [0.4, 0.5) is 17.6 Å². The summed E-state index contributed by atoms with van der Waals surface area (Å²) >= 11 is 0. The van der Waals surface area contributed by atoms with E-state index >= 15 is 0 Å². The fourth-order valence-corrected chi connectivity index (χ4v) is 4.50. The molecule has 0 bridgehead atoms. The maximum atomic E-state index is 13.7. The molecule has 1 fully saturated rings. The summed E-state index contributed by atoms with van der Waals surface area (Å²) in [6.07, 6.45) is -3.34. The van der Waals surface area contributed by atoms with Crippen LogP contribution < -0.4 is 10.6 Å². The first-order valence-corrected chi connectivity index (χ1v) is 11.3. The second-order valence-electron chi connectivity index (χ2n) is 7.40. The summed E-state index contributed by atoms with van der Waals surface area (Å²) in [7, 11) is -3.84. The lowest BCUT2D eigenvalue weighted by Gasteiger charge is -2.28. The zero-order valence-electron chi connectivity index (χ0n) is 16.3. The number of nitrogens with one attached hydrogen (secondary N) is 2. The van der Waals surface area contributed by atoms with Gasteiger partial charge in [0.1, 0.15) is 23.4 Å². The zero-order chi connectivity index (χ0) is 22.6. The van der Waals surface area contributed by atoms with Gasteiger partial charge in [-0.2, -0.15) is 18.4 Å². The molecule has 1 aliphatic rings. The van der Waals surface area contributed by atoms with Gasteiger partial charge in [0, 0.05) is 0 Å². The fraction of sp³-hybridized carbons (Fsp3) is 0.579. The van der Waals surface area contributed by atoms with Crippen molar-refractivity contribution in [1.82, 2.24) is 10.6 Å². The van der Waals surface area contributed by atoms with Gasteiger partial charge in [0.2, 0.25) is 5.91 Å². The Hall–Kier alpha value is -2.19. The fourth-order valence-electron chi connectivity index (χ4n) is 2.85. The van der Waals surface area contributed by atoms with E-state index in [9.17, 15) is 30.8 Å². The zero-order valence-corrected chi connectivity index (χ0v) is 17.1. The third kappa shape index (κ3) is 6.67. The molecule has 0 saturated heterocycles. The van der Waals surface area contributed by atoms with Gasteiger partial charge in [0.15, 0.2) is 9.84 Å². The highest BCUT2D eigenvalue weighted by Crippen LogP contribution is 2.35. The Morgan fingerprint density at radius 2 is 1.87 bits per heavy atom.